The summed E-state index contributed by atoms with van der Waals surface area (Å²) in [5.41, 5.74) is 0.835. The first-order valence-corrected chi connectivity index (χ1v) is 4.86. The lowest BCUT2D eigenvalue weighted by atomic mass is 10.1. The maximum absolute atomic E-state index is 10.8. The summed E-state index contributed by atoms with van der Waals surface area (Å²) in [6, 6.07) is 6.48. The Hall–Kier alpha value is -2.13. The van der Waals surface area contributed by atoms with Gasteiger partial charge in [0.25, 0.3) is 5.69 Å². The van der Waals surface area contributed by atoms with E-state index < -0.39 is 4.92 Å². The Morgan fingerprint density at radius 1 is 1.56 bits per heavy atom. The largest absolute Gasteiger partial charge is 0.374 e. The van der Waals surface area contributed by atoms with Crippen LogP contribution >= 0.6 is 0 Å². The van der Waals surface area contributed by atoms with Gasteiger partial charge in [0.05, 0.1) is 22.6 Å². The Morgan fingerprint density at radius 3 is 2.81 bits per heavy atom. The first-order valence-electron chi connectivity index (χ1n) is 4.86. The number of hydrogen-bond donors (Lipinski definition) is 2. The van der Waals surface area contributed by atoms with Crippen LogP contribution in [0.3, 0.4) is 0 Å². The van der Waals surface area contributed by atoms with Crippen molar-refractivity contribution in [2.24, 2.45) is 0 Å². The third kappa shape index (κ3) is 1.94. The first kappa shape index (κ1) is 10.4. The number of nitriles is 1. The van der Waals surface area contributed by atoms with Crippen molar-refractivity contribution < 1.29 is 4.92 Å². The molecule has 1 aromatic carbocycles. The molecule has 6 nitrogen and oxygen atoms in total. The highest BCUT2D eigenvalue weighted by molar-refractivity contribution is 5.65. The summed E-state index contributed by atoms with van der Waals surface area (Å²) in [5.74, 6) is 0. The molecule has 0 amide bonds. The maximum atomic E-state index is 10.8. The Morgan fingerprint density at radius 2 is 2.31 bits per heavy atom. The zero-order chi connectivity index (χ0) is 11.5. The zero-order valence-corrected chi connectivity index (χ0v) is 8.43. The summed E-state index contributed by atoms with van der Waals surface area (Å²) in [6.07, 6.45) is 0. The van der Waals surface area contributed by atoms with Crippen molar-refractivity contribution in [1.82, 2.24) is 5.32 Å². The molecule has 1 aliphatic heterocycles. The molecule has 6 heteroatoms. The van der Waals surface area contributed by atoms with Gasteiger partial charge in [-0.05, 0) is 12.1 Å². The number of nitro groups is 1. The van der Waals surface area contributed by atoms with E-state index >= 15 is 0 Å². The van der Waals surface area contributed by atoms with Crippen LogP contribution in [0.5, 0.6) is 0 Å². The number of hydrogen-bond acceptors (Lipinski definition) is 5. The molecule has 0 unspecified atom stereocenters. The highest BCUT2D eigenvalue weighted by Gasteiger charge is 2.21. The van der Waals surface area contributed by atoms with E-state index in [9.17, 15) is 10.1 Å². The molecule has 82 valence electrons. The molecule has 0 bridgehead atoms. The summed E-state index contributed by atoms with van der Waals surface area (Å²) in [4.78, 5) is 10.3. The minimum absolute atomic E-state index is 0.00546. The van der Waals surface area contributed by atoms with Gasteiger partial charge in [-0.25, -0.2) is 0 Å². The summed E-state index contributed by atoms with van der Waals surface area (Å²) in [7, 11) is 0. The predicted molar refractivity (Wildman–Crippen MR) is 58.1 cm³/mol. The fourth-order valence-corrected chi connectivity index (χ4v) is 1.49. The van der Waals surface area contributed by atoms with Crippen LogP contribution in [0.25, 0.3) is 0 Å². The second-order valence-electron chi connectivity index (χ2n) is 3.60. The van der Waals surface area contributed by atoms with Gasteiger partial charge in [-0.3, -0.25) is 10.1 Å². The van der Waals surface area contributed by atoms with Crippen LogP contribution in [0.15, 0.2) is 18.2 Å². The van der Waals surface area contributed by atoms with Crippen molar-refractivity contribution in [3.63, 3.8) is 0 Å². The number of rotatable bonds is 3. The van der Waals surface area contributed by atoms with Crippen LogP contribution in [0.1, 0.15) is 5.56 Å². The smallest absolute Gasteiger partial charge is 0.292 e. The summed E-state index contributed by atoms with van der Waals surface area (Å²) < 4.78 is 0. The zero-order valence-electron chi connectivity index (χ0n) is 8.43. The Balaban J connectivity index is 2.30. The number of benzene rings is 1. The van der Waals surface area contributed by atoms with Crippen LogP contribution in [-0.2, 0) is 0 Å². The normalized spacial score (nSPS) is 14.9. The van der Waals surface area contributed by atoms with E-state index in [-0.39, 0.29) is 11.7 Å². The van der Waals surface area contributed by atoms with E-state index in [1.807, 2.05) is 6.07 Å². The first-order chi connectivity index (χ1) is 7.70. The van der Waals surface area contributed by atoms with Crippen LogP contribution in [0, 0.1) is 21.4 Å². The minimum Gasteiger partial charge on any atom is -0.374 e. The molecular formula is C10H10N4O2. The van der Waals surface area contributed by atoms with Gasteiger partial charge in [-0.15, -0.1) is 0 Å². The highest BCUT2D eigenvalue weighted by Crippen LogP contribution is 2.26. The summed E-state index contributed by atoms with van der Waals surface area (Å²) in [6.45, 7) is 1.57. The van der Waals surface area contributed by atoms with E-state index in [4.69, 9.17) is 5.26 Å². The van der Waals surface area contributed by atoms with E-state index in [0.29, 0.717) is 11.3 Å². The standard InChI is InChI=1S/C10H10N4O2/c11-4-7-1-2-10(14(15)16)9(3-7)13-8-5-12-6-8/h1-3,8,12-13H,5-6H2. The van der Waals surface area contributed by atoms with Crippen molar-refractivity contribution in [1.29, 1.82) is 5.26 Å². The number of nitrogens with zero attached hydrogens (tertiary/aromatic N) is 2. The van der Waals surface area contributed by atoms with Crippen molar-refractivity contribution in [2.75, 3.05) is 18.4 Å². The van der Waals surface area contributed by atoms with Crippen LogP contribution in [0.2, 0.25) is 0 Å². The number of nitrogens with one attached hydrogen (secondary N) is 2. The van der Waals surface area contributed by atoms with E-state index in [1.54, 1.807) is 0 Å². The molecule has 16 heavy (non-hydrogen) atoms. The predicted octanol–water partition coefficient (Wildman–Crippen LogP) is 0.850. The molecule has 1 aromatic rings. The van der Waals surface area contributed by atoms with Gasteiger partial charge in [0, 0.05) is 19.2 Å². The molecule has 1 heterocycles. The third-order valence-electron chi connectivity index (χ3n) is 2.46. The highest BCUT2D eigenvalue weighted by atomic mass is 16.6. The van der Waals surface area contributed by atoms with Gasteiger partial charge in [0.2, 0.25) is 0 Å². The molecule has 1 fully saturated rings. The van der Waals surface area contributed by atoms with Gasteiger partial charge in [-0.1, -0.05) is 0 Å². The van der Waals surface area contributed by atoms with Gasteiger partial charge >= 0.3 is 0 Å². The number of anilines is 1. The lowest BCUT2D eigenvalue weighted by Crippen LogP contribution is -2.51. The van der Waals surface area contributed by atoms with Crippen molar-refractivity contribution >= 4 is 11.4 Å². The Kier molecular flexibility index (Phi) is 2.70. The second kappa shape index (κ2) is 4.16. The SMILES string of the molecule is N#Cc1ccc([N+](=O)[O-])c(NC2CNC2)c1. The Bertz CT molecular complexity index is 462. The summed E-state index contributed by atoms with van der Waals surface area (Å²) in [5, 5.41) is 25.6. The molecule has 2 N–H and O–H groups in total. The molecule has 1 aliphatic rings. The van der Waals surface area contributed by atoms with E-state index in [0.717, 1.165) is 13.1 Å². The molecule has 2 rings (SSSR count). The molecule has 0 atom stereocenters. The third-order valence-corrected chi connectivity index (χ3v) is 2.46. The number of nitro benzene ring substituents is 1. The molecule has 1 saturated heterocycles. The maximum Gasteiger partial charge on any atom is 0.292 e. The summed E-state index contributed by atoms with van der Waals surface area (Å²) >= 11 is 0. The second-order valence-corrected chi connectivity index (χ2v) is 3.60. The van der Waals surface area contributed by atoms with Gasteiger partial charge in [0.1, 0.15) is 5.69 Å². The van der Waals surface area contributed by atoms with Crippen LogP contribution < -0.4 is 10.6 Å². The monoisotopic (exact) mass is 218 g/mol. The molecule has 0 aliphatic carbocycles. The minimum atomic E-state index is -0.449. The van der Waals surface area contributed by atoms with Gasteiger partial charge in [0.15, 0.2) is 0 Å². The van der Waals surface area contributed by atoms with Crippen LogP contribution in [-0.4, -0.2) is 24.1 Å². The quantitative estimate of drug-likeness (QED) is 0.579. The average molecular weight is 218 g/mol. The van der Waals surface area contributed by atoms with Gasteiger partial charge < -0.3 is 10.6 Å². The van der Waals surface area contributed by atoms with Gasteiger partial charge in [-0.2, -0.15) is 5.26 Å². The van der Waals surface area contributed by atoms with Crippen molar-refractivity contribution in [3.05, 3.63) is 33.9 Å². The topological polar surface area (TPSA) is 91.0 Å². The lowest BCUT2D eigenvalue weighted by Gasteiger charge is -2.28. The molecule has 0 saturated carbocycles. The molecule has 0 spiro atoms. The lowest BCUT2D eigenvalue weighted by molar-refractivity contribution is -0.384. The average Bonchev–Trinajstić information content (AvgIpc) is 2.22. The Labute approximate surface area is 92.0 Å². The van der Waals surface area contributed by atoms with Crippen molar-refractivity contribution in [3.8, 4) is 6.07 Å². The van der Waals surface area contributed by atoms with E-state index in [2.05, 4.69) is 10.6 Å². The van der Waals surface area contributed by atoms with E-state index in [1.165, 1.54) is 18.2 Å². The fourth-order valence-electron chi connectivity index (χ4n) is 1.49. The molecule has 0 aromatic heterocycles. The molecular weight excluding hydrogens is 208 g/mol. The van der Waals surface area contributed by atoms with Crippen molar-refractivity contribution in [2.45, 2.75) is 6.04 Å². The van der Waals surface area contributed by atoms with Crippen LogP contribution in [0.4, 0.5) is 11.4 Å². The fraction of sp³-hybridized carbons (Fsp3) is 0.300. The molecule has 0 radical (unpaired) electrons.